The Morgan fingerprint density at radius 1 is 0.840 bits per heavy atom. The second-order valence-electron chi connectivity index (χ2n) is 6.65. The third-order valence-electron chi connectivity index (χ3n) is 4.77. The van der Waals surface area contributed by atoms with Crippen molar-refractivity contribution in [2.45, 2.75) is 20.3 Å². The van der Waals surface area contributed by atoms with Crippen molar-refractivity contribution in [3.05, 3.63) is 70.8 Å². The number of benzene rings is 2. The molecular formula is C21H24N2O2. The lowest BCUT2D eigenvalue weighted by molar-refractivity contribution is -0.131. The lowest BCUT2D eigenvalue weighted by Crippen LogP contribution is -2.51. The highest BCUT2D eigenvalue weighted by Gasteiger charge is 2.25. The van der Waals surface area contributed by atoms with Gasteiger partial charge < -0.3 is 9.80 Å². The number of carbonyl (C=O) groups excluding carboxylic acids is 2. The smallest absolute Gasteiger partial charge is 0.254 e. The van der Waals surface area contributed by atoms with Gasteiger partial charge in [0, 0.05) is 31.7 Å². The molecule has 0 unspecified atom stereocenters. The average Bonchev–Trinajstić information content (AvgIpc) is 2.63. The van der Waals surface area contributed by atoms with Crippen molar-refractivity contribution in [2.24, 2.45) is 0 Å². The zero-order chi connectivity index (χ0) is 17.8. The van der Waals surface area contributed by atoms with Crippen molar-refractivity contribution in [3.63, 3.8) is 0 Å². The van der Waals surface area contributed by atoms with E-state index in [2.05, 4.69) is 0 Å². The highest BCUT2D eigenvalue weighted by atomic mass is 16.2. The number of piperazine rings is 1. The first-order valence-corrected chi connectivity index (χ1v) is 8.73. The number of carbonyl (C=O) groups is 2. The highest BCUT2D eigenvalue weighted by molar-refractivity contribution is 5.95. The summed E-state index contributed by atoms with van der Waals surface area (Å²) in [6.45, 7) is 6.37. The highest BCUT2D eigenvalue weighted by Crippen LogP contribution is 2.14. The van der Waals surface area contributed by atoms with Gasteiger partial charge in [0.25, 0.3) is 5.91 Å². The van der Waals surface area contributed by atoms with Crippen molar-refractivity contribution in [3.8, 4) is 0 Å². The van der Waals surface area contributed by atoms with Gasteiger partial charge in [0.15, 0.2) is 0 Å². The van der Waals surface area contributed by atoms with Gasteiger partial charge >= 0.3 is 0 Å². The van der Waals surface area contributed by atoms with Gasteiger partial charge in [0.1, 0.15) is 0 Å². The zero-order valence-corrected chi connectivity index (χ0v) is 14.9. The molecule has 0 saturated carbocycles. The van der Waals surface area contributed by atoms with Gasteiger partial charge in [-0.15, -0.1) is 0 Å². The van der Waals surface area contributed by atoms with Crippen LogP contribution in [0, 0.1) is 13.8 Å². The second-order valence-corrected chi connectivity index (χ2v) is 6.65. The van der Waals surface area contributed by atoms with E-state index in [0.717, 1.165) is 16.7 Å². The first-order valence-electron chi connectivity index (χ1n) is 8.73. The Morgan fingerprint density at radius 3 is 2.08 bits per heavy atom. The molecular weight excluding hydrogens is 312 g/mol. The first-order chi connectivity index (χ1) is 12.0. The van der Waals surface area contributed by atoms with Crippen LogP contribution >= 0.6 is 0 Å². The van der Waals surface area contributed by atoms with E-state index in [0.29, 0.717) is 32.6 Å². The molecule has 0 N–H and O–H groups in total. The van der Waals surface area contributed by atoms with Crippen molar-refractivity contribution < 1.29 is 9.59 Å². The number of hydrogen-bond acceptors (Lipinski definition) is 2. The molecule has 0 radical (unpaired) electrons. The summed E-state index contributed by atoms with van der Waals surface area (Å²) in [5, 5.41) is 0. The largest absolute Gasteiger partial charge is 0.339 e. The topological polar surface area (TPSA) is 40.6 Å². The number of aryl methyl sites for hydroxylation is 2. The van der Waals surface area contributed by atoms with Crippen molar-refractivity contribution in [2.75, 3.05) is 26.2 Å². The second kappa shape index (κ2) is 7.51. The summed E-state index contributed by atoms with van der Waals surface area (Å²) in [5.74, 6) is 0.190. The van der Waals surface area contributed by atoms with Crippen LogP contribution in [0.15, 0.2) is 48.5 Å². The number of rotatable bonds is 3. The van der Waals surface area contributed by atoms with E-state index in [1.54, 1.807) is 0 Å². The number of amides is 2. The van der Waals surface area contributed by atoms with E-state index >= 15 is 0 Å². The molecule has 1 heterocycles. The van der Waals surface area contributed by atoms with Crippen molar-refractivity contribution in [1.29, 1.82) is 0 Å². The summed E-state index contributed by atoms with van der Waals surface area (Å²) >= 11 is 0. The fourth-order valence-corrected chi connectivity index (χ4v) is 3.13. The zero-order valence-electron chi connectivity index (χ0n) is 14.9. The van der Waals surface area contributed by atoms with Gasteiger partial charge in [-0.1, -0.05) is 48.0 Å². The quantitative estimate of drug-likeness (QED) is 0.865. The minimum atomic E-state index is 0.0590. The molecule has 130 valence electrons. The molecule has 2 amide bonds. The van der Waals surface area contributed by atoms with Gasteiger partial charge in [-0.3, -0.25) is 9.59 Å². The normalized spacial score (nSPS) is 14.5. The Hall–Kier alpha value is -2.62. The van der Waals surface area contributed by atoms with E-state index in [4.69, 9.17) is 0 Å². The summed E-state index contributed by atoms with van der Waals surface area (Å²) < 4.78 is 0. The van der Waals surface area contributed by atoms with E-state index in [9.17, 15) is 9.59 Å². The van der Waals surface area contributed by atoms with Crippen molar-refractivity contribution >= 4 is 11.8 Å². The lowest BCUT2D eigenvalue weighted by atomic mass is 10.1. The fraction of sp³-hybridized carbons (Fsp3) is 0.333. The molecule has 0 aliphatic carbocycles. The fourth-order valence-electron chi connectivity index (χ4n) is 3.13. The average molecular weight is 336 g/mol. The molecule has 0 spiro atoms. The molecule has 1 saturated heterocycles. The Kier molecular flexibility index (Phi) is 5.17. The van der Waals surface area contributed by atoms with Gasteiger partial charge in [-0.25, -0.2) is 0 Å². The van der Waals surface area contributed by atoms with Crippen LogP contribution in [-0.2, 0) is 11.2 Å². The molecule has 25 heavy (non-hydrogen) atoms. The lowest BCUT2D eigenvalue weighted by Gasteiger charge is -2.35. The first kappa shape index (κ1) is 17.2. The van der Waals surface area contributed by atoms with Gasteiger partial charge in [0.05, 0.1) is 6.42 Å². The van der Waals surface area contributed by atoms with Crippen LogP contribution in [0.4, 0.5) is 0 Å². The Labute approximate surface area is 149 Å². The molecule has 2 aromatic rings. The molecule has 0 bridgehead atoms. The molecule has 0 aromatic heterocycles. The monoisotopic (exact) mass is 336 g/mol. The van der Waals surface area contributed by atoms with Crippen LogP contribution in [0.5, 0.6) is 0 Å². The van der Waals surface area contributed by atoms with Crippen LogP contribution in [-0.4, -0.2) is 47.8 Å². The SMILES string of the molecule is Cc1ccc(CC(=O)N2CCN(C(=O)c3ccccc3C)CC2)cc1. The van der Waals surface area contributed by atoms with Crippen LogP contribution < -0.4 is 0 Å². The molecule has 1 aliphatic rings. The number of nitrogens with zero attached hydrogens (tertiary/aromatic N) is 2. The Balaban J connectivity index is 1.56. The third-order valence-corrected chi connectivity index (χ3v) is 4.77. The Morgan fingerprint density at radius 2 is 1.44 bits per heavy atom. The molecule has 4 heteroatoms. The number of hydrogen-bond donors (Lipinski definition) is 0. The maximum absolute atomic E-state index is 12.6. The minimum absolute atomic E-state index is 0.0590. The standard InChI is InChI=1S/C21H24N2O2/c1-16-7-9-18(10-8-16)15-20(24)22-11-13-23(14-12-22)21(25)19-6-4-3-5-17(19)2/h3-10H,11-15H2,1-2H3. The summed E-state index contributed by atoms with van der Waals surface area (Å²) in [6.07, 6.45) is 0.423. The van der Waals surface area contributed by atoms with E-state index in [1.165, 1.54) is 5.56 Å². The Bertz CT molecular complexity index is 760. The van der Waals surface area contributed by atoms with Gasteiger partial charge in [0.2, 0.25) is 5.91 Å². The minimum Gasteiger partial charge on any atom is -0.339 e. The third kappa shape index (κ3) is 4.08. The van der Waals surface area contributed by atoms with Gasteiger partial charge in [-0.2, -0.15) is 0 Å². The van der Waals surface area contributed by atoms with Crippen LogP contribution in [0.2, 0.25) is 0 Å². The summed E-state index contributed by atoms with van der Waals surface area (Å²) in [7, 11) is 0. The predicted molar refractivity (Wildman–Crippen MR) is 98.5 cm³/mol. The molecule has 1 fully saturated rings. The molecule has 1 aliphatic heterocycles. The van der Waals surface area contributed by atoms with Crippen LogP contribution in [0.25, 0.3) is 0 Å². The molecule has 0 atom stereocenters. The summed E-state index contributed by atoms with van der Waals surface area (Å²) in [6, 6.07) is 15.7. The maximum Gasteiger partial charge on any atom is 0.254 e. The van der Waals surface area contributed by atoms with Crippen molar-refractivity contribution in [1.82, 2.24) is 9.80 Å². The van der Waals surface area contributed by atoms with E-state index < -0.39 is 0 Å². The summed E-state index contributed by atoms with van der Waals surface area (Å²) in [5.41, 5.74) is 3.97. The molecule has 4 nitrogen and oxygen atoms in total. The predicted octanol–water partition coefficient (Wildman–Crippen LogP) is 2.83. The maximum atomic E-state index is 12.6. The van der Waals surface area contributed by atoms with E-state index in [-0.39, 0.29) is 11.8 Å². The molecule has 2 aromatic carbocycles. The van der Waals surface area contributed by atoms with Gasteiger partial charge in [-0.05, 0) is 31.0 Å². The summed E-state index contributed by atoms with van der Waals surface area (Å²) in [4.78, 5) is 28.8. The molecule has 3 rings (SSSR count). The van der Waals surface area contributed by atoms with E-state index in [1.807, 2.05) is 72.2 Å². The van der Waals surface area contributed by atoms with Crippen LogP contribution in [0.3, 0.4) is 0 Å². The van der Waals surface area contributed by atoms with Crippen LogP contribution in [0.1, 0.15) is 27.0 Å².